The van der Waals surface area contributed by atoms with Gasteiger partial charge in [-0.05, 0) is 67.1 Å². The molecule has 2 saturated heterocycles. The van der Waals surface area contributed by atoms with Crippen molar-refractivity contribution in [3.05, 3.63) is 53.6 Å². The number of aryl methyl sites for hydroxylation is 1. The summed E-state index contributed by atoms with van der Waals surface area (Å²) in [5, 5.41) is 23.9. The summed E-state index contributed by atoms with van der Waals surface area (Å²) in [6.45, 7) is 7.11. The van der Waals surface area contributed by atoms with Gasteiger partial charge in [-0.25, -0.2) is 13.2 Å². The molecule has 0 radical (unpaired) electrons. The van der Waals surface area contributed by atoms with Gasteiger partial charge < -0.3 is 34.5 Å². The summed E-state index contributed by atoms with van der Waals surface area (Å²) in [7, 11) is -4.10. The molecule has 12 nitrogen and oxygen atoms in total. The summed E-state index contributed by atoms with van der Waals surface area (Å²) in [6.07, 6.45) is -2.17. The van der Waals surface area contributed by atoms with Gasteiger partial charge in [-0.1, -0.05) is 26.0 Å². The number of fused-ring (bicyclic) bond motifs is 1. The van der Waals surface area contributed by atoms with Gasteiger partial charge in [0.1, 0.15) is 17.6 Å². The maximum atomic E-state index is 13.8. The van der Waals surface area contributed by atoms with Crippen LogP contribution in [0.5, 0.6) is 11.5 Å². The van der Waals surface area contributed by atoms with Crippen molar-refractivity contribution in [2.75, 3.05) is 26.3 Å². The summed E-state index contributed by atoms with van der Waals surface area (Å²) in [6, 6.07) is 9.55. The number of phenols is 1. The standard InChI is InChI=1S/C30H40N2O10S/c1-18(2)15-32(43(37,38)23-9-10-27(19(3)13-23)41-20(4)33)16-26(35)25(14-21-5-7-22(34)8-6-21)31-30(36)42-28-17-40-29-24(28)11-12-39-29/h5-10,13,18,24-26,28-29,34-35H,11-12,14-17H2,1-4H3,(H,31,36)/t24-,25-,26+,28-,29+/m0/s1. The van der Waals surface area contributed by atoms with Crippen molar-refractivity contribution in [2.45, 2.75) is 70.0 Å². The molecule has 2 aliphatic rings. The highest BCUT2D eigenvalue weighted by Gasteiger charge is 2.44. The topological polar surface area (TPSA) is 161 Å². The van der Waals surface area contributed by atoms with Gasteiger partial charge in [0, 0.05) is 20.0 Å². The van der Waals surface area contributed by atoms with E-state index in [1.165, 1.54) is 41.6 Å². The largest absolute Gasteiger partial charge is 0.508 e. The average Bonchev–Trinajstić information content (AvgIpc) is 3.55. The van der Waals surface area contributed by atoms with Crippen LogP contribution in [0.3, 0.4) is 0 Å². The van der Waals surface area contributed by atoms with E-state index in [9.17, 15) is 28.2 Å². The number of nitrogens with one attached hydrogen (secondary N) is 1. The highest BCUT2D eigenvalue weighted by atomic mass is 32.2. The molecular weight excluding hydrogens is 580 g/mol. The number of nitrogens with zero attached hydrogens (tertiary/aromatic N) is 1. The van der Waals surface area contributed by atoms with Crippen LogP contribution in [-0.2, 0) is 35.4 Å². The molecule has 3 N–H and O–H groups in total. The Morgan fingerprint density at radius 1 is 1.12 bits per heavy atom. The van der Waals surface area contributed by atoms with Crippen molar-refractivity contribution in [3.63, 3.8) is 0 Å². The van der Waals surface area contributed by atoms with Gasteiger partial charge in [-0.2, -0.15) is 4.31 Å². The highest BCUT2D eigenvalue weighted by molar-refractivity contribution is 7.89. The molecule has 0 bridgehead atoms. The van der Waals surface area contributed by atoms with Crippen LogP contribution in [0.2, 0.25) is 0 Å². The van der Waals surface area contributed by atoms with Crippen LogP contribution in [0.1, 0.15) is 38.3 Å². The fourth-order valence-electron chi connectivity index (χ4n) is 5.25. The summed E-state index contributed by atoms with van der Waals surface area (Å²) in [5.41, 5.74) is 1.16. The number of ether oxygens (including phenoxy) is 4. The first-order valence-corrected chi connectivity index (χ1v) is 15.7. The molecule has 0 aliphatic carbocycles. The summed E-state index contributed by atoms with van der Waals surface area (Å²) < 4.78 is 50.6. The Bertz CT molecular complexity index is 1380. The Kier molecular flexibility index (Phi) is 10.7. The van der Waals surface area contributed by atoms with E-state index in [1.54, 1.807) is 19.1 Å². The highest BCUT2D eigenvalue weighted by Crippen LogP contribution is 2.33. The molecule has 4 rings (SSSR count). The minimum atomic E-state index is -4.10. The van der Waals surface area contributed by atoms with Crippen molar-refractivity contribution < 1.29 is 47.2 Å². The van der Waals surface area contributed by atoms with Crippen LogP contribution in [-0.4, -0.2) is 85.8 Å². The predicted octanol–water partition coefficient (Wildman–Crippen LogP) is 2.73. The number of rotatable bonds is 12. The van der Waals surface area contributed by atoms with Crippen LogP contribution in [0.4, 0.5) is 4.79 Å². The zero-order valence-electron chi connectivity index (χ0n) is 24.8. The average molecular weight is 621 g/mol. The van der Waals surface area contributed by atoms with E-state index in [2.05, 4.69) is 5.32 Å². The van der Waals surface area contributed by atoms with Gasteiger partial charge in [0.15, 0.2) is 6.29 Å². The first-order chi connectivity index (χ1) is 20.3. The first kappa shape index (κ1) is 32.7. The first-order valence-electron chi connectivity index (χ1n) is 14.3. The van der Waals surface area contributed by atoms with Crippen LogP contribution < -0.4 is 10.1 Å². The Labute approximate surface area is 251 Å². The lowest BCUT2D eigenvalue weighted by atomic mass is 10.0. The number of sulfonamides is 1. The van der Waals surface area contributed by atoms with Gasteiger partial charge >= 0.3 is 12.1 Å². The summed E-state index contributed by atoms with van der Waals surface area (Å²) in [5.74, 6) is -0.367. The van der Waals surface area contributed by atoms with Crippen LogP contribution >= 0.6 is 0 Å². The number of carbonyl (C=O) groups is 2. The van der Waals surface area contributed by atoms with Gasteiger partial charge in [0.2, 0.25) is 10.0 Å². The fourth-order valence-corrected chi connectivity index (χ4v) is 6.96. The number of carbonyl (C=O) groups excluding carboxylic acids is 2. The number of amides is 1. The molecule has 2 heterocycles. The van der Waals surface area contributed by atoms with E-state index >= 15 is 0 Å². The van der Waals surface area contributed by atoms with Gasteiger partial charge in [-0.15, -0.1) is 0 Å². The number of aliphatic hydroxyl groups is 1. The van der Waals surface area contributed by atoms with E-state index in [-0.39, 0.29) is 54.3 Å². The number of esters is 1. The molecule has 2 aliphatic heterocycles. The normalized spacial score (nSPS) is 21.4. The molecule has 1 amide bonds. The van der Waals surface area contributed by atoms with E-state index in [0.29, 0.717) is 24.2 Å². The predicted molar refractivity (Wildman–Crippen MR) is 155 cm³/mol. The zero-order chi connectivity index (χ0) is 31.3. The van der Waals surface area contributed by atoms with Crippen LogP contribution in [0.15, 0.2) is 47.4 Å². The van der Waals surface area contributed by atoms with Gasteiger partial charge in [0.25, 0.3) is 0 Å². The lowest BCUT2D eigenvalue weighted by Crippen LogP contribution is -2.51. The van der Waals surface area contributed by atoms with Crippen molar-refractivity contribution in [3.8, 4) is 11.5 Å². The lowest BCUT2D eigenvalue weighted by Gasteiger charge is -2.31. The molecular formula is C30H40N2O10S. The van der Waals surface area contributed by atoms with E-state index in [1.807, 2.05) is 13.8 Å². The lowest BCUT2D eigenvalue weighted by molar-refractivity contribution is -0.131. The summed E-state index contributed by atoms with van der Waals surface area (Å²) >= 11 is 0. The maximum Gasteiger partial charge on any atom is 0.407 e. The smallest absolute Gasteiger partial charge is 0.407 e. The summed E-state index contributed by atoms with van der Waals surface area (Å²) in [4.78, 5) is 24.4. The zero-order valence-corrected chi connectivity index (χ0v) is 25.6. The third kappa shape index (κ3) is 8.45. The molecule has 0 saturated carbocycles. The minimum Gasteiger partial charge on any atom is -0.508 e. The monoisotopic (exact) mass is 620 g/mol. The number of aliphatic hydroxyl groups excluding tert-OH is 1. The van der Waals surface area contributed by atoms with E-state index in [4.69, 9.17) is 18.9 Å². The molecule has 0 aromatic heterocycles. The Morgan fingerprint density at radius 3 is 2.49 bits per heavy atom. The number of alkyl carbamates (subject to hydrolysis) is 1. The number of phenolic OH excluding ortho intramolecular Hbond substituents is 1. The molecule has 2 fully saturated rings. The molecule has 5 atom stereocenters. The molecule has 2 aromatic carbocycles. The van der Waals surface area contributed by atoms with Crippen molar-refractivity contribution in [1.82, 2.24) is 9.62 Å². The third-order valence-electron chi connectivity index (χ3n) is 7.40. The Morgan fingerprint density at radius 2 is 1.84 bits per heavy atom. The molecule has 13 heteroatoms. The van der Waals surface area contributed by atoms with Crippen molar-refractivity contribution >= 4 is 22.1 Å². The van der Waals surface area contributed by atoms with Gasteiger partial charge in [0.05, 0.1) is 36.2 Å². The molecule has 2 aromatic rings. The van der Waals surface area contributed by atoms with Crippen molar-refractivity contribution in [1.29, 1.82) is 0 Å². The van der Waals surface area contributed by atoms with Crippen LogP contribution in [0, 0.1) is 18.8 Å². The second-order valence-corrected chi connectivity index (χ2v) is 13.3. The van der Waals surface area contributed by atoms with Crippen molar-refractivity contribution in [2.24, 2.45) is 11.8 Å². The second-order valence-electron chi connectivity index (χ2n) is 11.4. The molecule has 236 valence electrons. The van der Waals surface area contributed by atoms with Crippen LogP contribution in [0.25, 0.3) is 0 Å². The number of hydrogen-bond donors (Lipinski definition) is 3. The quantitative estimate of drug-likeness (QED) is 0.238. The fraction of sp³-hybridized carbons (Fsp3) is 0.533. The number of benzene rings is 2. The van der Waals surface area contributed by atoms with Gasteiger partial charge in [-0.3, -0.25) is 4.79 Å². The molecule has 0 spiro atoms. The molecule has 0 unspecified atom stereocenters. The molecule has 43 heavy (non-hydrogen) atoms. The SMILES string of the molecule is CC(=O)Oc1ccc(S(=O)(=O)N(CC(C)C)C[C@@H](O)[C@H](Cc2ccc(O)cc2)NC(=O)O[C@H]2CO[C@H]3OCC[C@H]32)cc1C. The maximum absolute atomic E-state index is 13.8. The second kappa shape index (κ2) is 14.0. The number of hydrogen-bond acceptors (Lipinski definition) is 10. The number of aromatic hydroxyl groups is 1. The third-order valence-corrected chi connectivity index (χ3v) is 9.23. The Balaban J connectivity index is 1.54. The minimum absolute atomic E-state index is 0.0224. The van der Waals surface area contributed by atoms with E-state index < -0.39 is 46.6 Å². The Hall–Kier alpha value is -3.23. The van der Waals surface area contributed by atoms with E-state index in [0.717, 1.165) is 0 Å².